The summed E-state index contributed by atoms with van der Waals surface area (Å²) in [5, 5.41) is 4.56. The minimum absolute atomic E-state index is 0.0223. The van der Waals surface area contributed by atoms with Crippen molar-refractivity contribution in [2.75, 3.05) is 19.6 Å². The molecule has 0 spiro atoms. The van der Waals surface area contributed by atoms with Crippen LogP contribution in [-0.4, -0.2) is 47.5 Å². The Hall–Kier alpha value is -3.46. The van der Waals surface area contributed by atoms with Crippen LogP contribution in [0.3, 0.4) is 0 Å². The van der Waals surface area contributed by atoms with Gasteiger partial charge in [-0.2, -0.15) is 0 Å². The monoisotopic (exact) mass is 427 g/mol. The Morgan fingerprint density at radius 1 is 1.00 bits per heavy atom. The van der Waals surface area contributed by atoms with E-state index in [1.165, 1.54) is 12.1 Å². The maximum absolute atomic E-state index is 12.9. The molecule has 3 rings (SSSR count). The van der Waals surface area contributed by atoms with Crippen LogP contribution in [-0.2, 0) is 9.59 Å². The Balaban J connectivity index is 1.44. The van der Waals surface area contributed by atoms with E-state index in [2.05, 4.69) is 10.6 Å². The van der Waals surface area contributed by atoms with Crippen LogP contribution in [0, 0.1) is 5.82 Å². The van der Waals surface area contributed by atoms with Crippen LogP contribution in [0.5, 0.6) is 0 Å². The summed E-state index contributed by atoms with van der Waals surface area (Å²) in [5.74, 6) is -1.86. The smallest absolute Gasteiger partial charge is 0.293 e. The van der Waals surface area contributed by atoms with Crippen LogP contribution in [0.1, 0.15) is 15.9 Å². The number of benzene rings is 2. The van der Waals surface area contributed by atoms with Crippen molar-refractivity contribution in [2.45, 2.75) is 0 Å². The third kappa shape index (κ3) is 5.54. The topological polar surface area (TPSA) is 95.6 Å². The van der Waals surface area contributed by atoms with E-state index in [-0.39, 0.29) is 25.2 Å². The predicted octanol–water partition coefficient (Wildman–Crippen LogP) is 2.41. The number of carbonyl (C=O) groups excluding carboxylic acids is 4. The van der Waals surface area contributed by atoms with Gasteiger partial charge in [-0.05, 0) is 47.7 Å². The molecule has 1 aliphatic heterocycles. The largest absolute Gasteiger partial charge is 0.353 e. The highest BCUT2D eigenvalue weighted by atomic mass is 32.2. The summed E-state index contributed by atoms with van der Waals surface area (Å²) in [6, 6.07) is 14.1. The van der Waals surface area contributed by atoms with Crippen molar-refractivity contribution in [1.29, 1.82) is 0 Å². The number of hydrogen-bond acceptors (Lipinski definition) is 5. The van der Waals surface area contributed by atoms with Crippen LogP contribution in [0.2, 0.25) is 0 Å². The molecule has 0 aromatic heterocycles. The van der Waals surface area contributed by atoms with Gasteiger partial charge in [0, 0.05) is 18.7 Å². The molecular formula is C21H18FN3O4S. The van der Waals surface area contributed by atoms with Crippen molar-refractivity contribution < 1.29 is 23.6 Å². The first-order chi connectivity index (χ1) is 14.4. The van der Waals surface area contributed by atoms with Crippen molar-refractivity contribution in [2.24, 2.45) is 0 Å². The molecule has 0 bridgehead atoms. The summed E-state index contributed by atoms with van der Waals surface area (Å²) in [6.45, 7) is -0.206. The molecule has 1 aliphatic rings. The zero-order valence-corrected chi connectivity index (χ0v) is 16.6. The van der Waals surface area contributed by atoms with Gasteiger partial charge in [0.25, 0.3) is 17.1 Å². The molecule has 0 saturated carbocycles. The van der Waals surface area contributed by atoms with Crippen LogP contribution in [0.15, 0.2) is 59.5 Å². The summed E-state index contributed by atoms with van der Waals surface area (Å²) in [4.78, 5) is 49.7. The van der Waals surface area contributed by atoms with Crippen LogP contribution in [0.25, 0.3) is 6.08 Å². The molecule has 0 atom stereocenters. The highest BCUT2D eigenvalue weighted by Crippen LogP contribution is 2.31. The number of rotatable bonds is 7. The number of nitrogens with zero attached hydrogens (tertiary/aromatic N) is 1. The van der Waals surface area contributed by atoms with Crippen molar-refractivity contribution in [3.05, 3.63) is 76.4 Å². The first-order valence-corrected chi connectivity index (χ1v) is 9.86. The molecule has 1 fully saturated rings. The lowest BCUT2D eigenvalue weighted by atomic mass is 10.2. The zero-order valence-electron chi connectivity index (χ0n) is 15.8. The fourth-order valence-corrected chi connectivity index (χ4v) is 3.49. The van der Waals surface area contributed by atoms with Gasteiger partial charge in [-0.25, -0.2) is 4.39 Å². The summed E-state index contributed by atoms with van der Waals surface area (Å²) in [6.07, 6.45) is 1.65. The lowest BCUT2D eigenvalue weighted by Gasteiger charge is -2.13. The van der Waals surface area contributed by atoms with Crippen LogP contribution >= 0.6 is 11.8 Å². The fraction of sp³-hybridized carbons (Fsp3) is 0.143. The Morgan fingerprint density at radius 3 is 2.40 bits per heavy atom. The molecule has 7 nitrogen and oxygen atoms in total. The molecule has 9 heteroatoms. The minimum Gasteiger partial charge on any atom is -0.353 e. The van der Waals surface area contributed by atoms with E-state index in [1.54, 1.807) is 6.08 Å². The third-order valence-electron chi connectivity index (χ3n) is 4.14. The molecule has 0 radical (unpaired) electrons. The Morgan fingerprint density at radius 2 is 1.70 bits per heavy atom. The Kier molecular flexibility index (Phi) is 6.97. The summed E-state index contributed by atoms with van der Waals surface area (Å²) in [5.41, 5.74) is 1.04. The van der Waals surface area contributed by atoms with E-state index in [9.17, 15) is 23.6 Å². The van der Waals surface area contributed by atoms with E-state index in [1.807, 2.05) is 30.3 Å². The summed E-state index contributed by atoms with van der Waals surface area (Å²) in [7, 11) is 0. The molecule has 154 valence electrons. The molecule has 2 aromatic carbocycles. The van der Waals surface area contributed by atoms with Gasteiger partial charge in [-0.3, -0.25) is 24.1 Å². The molecular weight excluding hydrogens is 409 g/mol. The first kappa shape index (κ1) is 21.3. The van der Waals surface area contributed by atoms with Gasteiger partial charge in [0.15, 0.2) is 0 Å². The molecule has 1 saturated heterocycles. The molecule has 1 heterocycles. The number of imide groups is 1. The Bertz CT molecular complexity index is 993. The number of amides is 4. The molecule has 4 amide bonds. The van der Waals surface area contributed by atoms with Crippen molar-refractivity contribution in [3.63, 3.8) is 0 Å². The molecule has 0 unspecified atom stereocenters. The number of halogens is 1. The van der Waals surface area contributed by atoms with Gasteiger partial charge in [-0.1, -0.05) is 30.3 Å². The van der Waals surface area contributed by atoms with Gasteiger partial charge in [0.05, 0.1) is 11.4 Å². The second kappa shape index (κ2) is 9.84. The summed E-state index contributed by atoms with van der Waals surface area (Å²) < 4.78 is 12.9. The SMILES string of the molecule is O=C(CNC(=O)c1ccc(F)cc1)NCCN1C(=O)S/C(=C\c2ccccc2)C1=O. The van der Waals surface area contributed by atoms with Gasteiger partial charge in [-0.15, -0.1) is 0 Å². The molecule has 30 heavy (non-hydrogen) atoms. The highest BCUT2D eigenvalue weighted by molar-refractivity contribution is 8.18. The number of nitrogens with one attached hydrogen (secondary N) is 2. The second-order valence-corrected chi connectivity index (χ2v) is 7.28. The number of thioether (sulfide) groups is 1. The number of carbonyl (C=O) groups is 4. The van der Waals surface area contributed by atoms with Gasteiger partial charge in [0.1, 0.15) is 5.82 Å². The lowest BCUT2D eigenvalue weighted by Crippen LogP contribution is -2.41. The van der Waals surface area contributed by atoms with Crippen LogP contribution < -0.4 is 10.6 Å². The highest BCUT2D eigenvalue weighted by Gasteiger charge is 2.34. The molecule has 0 aliphatic carbocycles. The second-order valence-electron chi connectivity index (χ2n) is 6.28. The van der Waals surface area contributed by atoms with E-state index in [0.717, 1.165) is 34.4 Å². The average Bonchev–Trinajstić information content (AvgIpc) is 3.00. The standard InChI is InChI=1S/C21H18FN3O4S/c22-16-8-6-15(7-9-16)19(27)24-13-18(26)23-10-11-25-20(28)17(30-21(25)29)12-14-4-2-1-3-5-14/h1-9,12H,10-11,13H2,(H,23,26)(H,24,27)/b17-12-. The fourth-order valence-electron chi connectivity index (χ4n) is 2.63. The van der Waals surface area contributed by atoms with Crippen LogP contribution in [0.4, 0.5) is 9.18 Å². The first-order valence-electron chi connectivity index (χ1n) is 9.05. The maximum atomic E-state index is 12.9. The van der Waals surface area contributed by atoms with Crippen molar-refractivity contribution >= 4 is 40.8 Å². The molecule has 2 N–H and O–H groups in total. The third-order valence-corrected chi connectivity index (χ3v) is 5.05. The quantitative estimate of drug-likeness (QED) is 0.662. The van der Waals surface area contributed by atoms with E-state index in [0.29, 0.717) is 4.91 Å². The lowest BCUT2D eigenvalue weighted by molar-refractivity contribution is -0.124. The van der Waals surface area contributed by atoms with Gasteiger partial charge in [0.2, 0.25) is 5.91 Å². The van der Waals surface area contributed by atoms with Gasteiger partial charge < -0.3 is 10.6 Å². The van der Waals surface area contributed by atoms with E-state index in [4.69, 9.17) is 0 Å². The zero-order chi connectivity index (χ0) is 21.5. The normalized spacial score (nSPS) is 14.8. The van der Waals surface area contributed by atoms with Crippen molar-refractivity contribution in [3.8, 4) is 0 Å². The van der Waals surface area contributed by atoms with Crippen molar-refractivity contribution in [1.82, 2.24) is 15.5 Å². The van der Waals surface area contributed by atoms with E-state index >= 15 is 0 Å². The molecule has 2 aromatic rings. The minimum atomic E-state index is -0.512. The van der Waals surface area contributed by atoms with Gasteiger partial charge >= 0.3 is 0 Å². The van der Waals surface area contributed by atoms with E-state index < -0.39 is 28.8 Å². The maximum Gasteiger partial charge on any atom is 0.293 e. The average molecular weight is 427 g/mol. The Labute approximate surface area is 176 Å². The predicted molar refractivity (Wildman–Crippen MR) is 111 cm³/mol. The summed E-state index contributed by atoms with van der Waals surface area (Å²) >= 11 is 0.850. The number of hydrogen-bond donors (Lipinski definition) is 2.